The number of hydrogen-bond acceptors (Lipinski definition) is 2. The van der Waals surface area contributed by atoms with E-state index >= 15 is 0 Å². The van der Waals surface area contributed by atoms with Crippen molar-refractivity contribution in [2.24, 2.45) is 0 Å². The molecule has 1 aliphatic rings. The molecular formula is C39H28N2O2. The monoisotopic (exact) mass is 556 g/mol. The molecule has 1 aliphatic carbocycles. The highest BCUT2D eigenvalue weighted by Crippen LogP contribution is 2.50. The maximum absolute atomic E-state index is 11.6. The number of hydrogen-bond donors (Lipinski definition) is 0. The third-order valence-corrected chi connectivity index (χ3v) is 9.09. The van der Waals surface area contributed by atoms with Crippen LogP contribution in [0.1, 0.15) is 25.0 Å². The van der Waals surface area contributed by atoms with Gasteiger partial charge >= 0.3 is 0 Å². The predicted octanol–water partition coefficient (Wildman–Crippen LogP) is 10.3. The number of nitro groups is 1. The molecule has 206 valence electrons. The summed E-state index contributed by atoms with van der Waals surface area (Å²) in [6.45, 7) is 4.32. The van der Waals surface area contributed by atoms with Gasteiger partial charge in [-0.1, -0.05) is 92.7 Å². The molecule has 0 amide bonds. The summed E-state index contributed by atoms with van der Waals surface area (Å²) < 4.78 is 2.36. The standard InChI is InChI=1S/C39H28N2O2/c1-39(2)35-23-29(15-17-31(35)32-18-16-30(41(42)43)24-36(32)39)40-37-19-13-27(25-9-5-3-6-10-25)21-33(37)34-22-28(14-20-38(34)40)26-11-7-4-8-12-26/h3-24H,1-2H3. The summed E-state index contributed by atoms with van der Waals surface area (Å²) >= 11 is 0. The Morgan fingerprint density at radius 2 is 1.07 bits per heavy atom. The fourth-order valence-corrected chi connectivity index (χ4v) is 6.89. The molecule has 4 nitrogen and oxygen atoms in total. The van der Waals surface area contributed by atoms with Crippen molar-refractivity contribution in [2.45, 2.75) is 19.3 Å². The van der Waals surface area contributed by atoms with E-state index in [1.807, 2.05) is 18.2 Å². The van der Waals surface area contributed by atoms with Gasteiger partial charge in [0.25, 0.3) is 5.69 Å². The van der Waals surface area contributed by atoms with Gasteiger partial charge in [0.05, 0.1) is 16.0 Å². The number of nitrogens with zero attached hydrogens (tertiary/aromatic N) is 2. The van der Waals surface area contributed by atoms with E-state index in [4.69, 9.17) is 0 Å². The van der Waals surface area contributed by atoms with Crippen molar-refractivity contribution in [3.05, 3.63) is 155 Å². The minimum atomic E-state index is -0.369. The van der Waals surface area contributed by atoms with Crippen LogP contribution in [-0.4, -0.2) is 9.49 Å². The van der Waals surface area contributed by atoms with Crippen molar-refractivity contribution >= 4 is 27.5 Å². The maximum Gasteiger partial charge on any atom is 0.269 e. The second-order valence-corrected chi connectivity index (χ2v) is 11.9. The minimum absolute atomic E-state index is 0.130. The van der Waals surface area contributed by atoms with Gasteiger partial charge in [0.1, 0.15) is 0 Å². The quantitative estimate of drug-likeness (QED) is 0.160. The largest absolute Gasteiger partial charge is 0.309 e. The molecule has 8 rings (SSSR count). The van der Waals surface area contributed by atoms with E-state index in [2.05, 4.69) is 122 Å². The van der Waals surface area contributed by atoms with Gasteiger partial charge in [-0.15, -0.1) is 0 Å². The Labute approximate surface area is 249 Å². The number of non-ortho nitro benzene ring substituents is 1. The van der Waals surface area contributed by atoms with Gasteiger partial charge in [0, 0.05) is 34.0 Å². The van der Waals surface area contributed by atoms with Crippen molar-refractivity contribution in [2.75, 3.05) is 0 Å². The fraction of sp³-hybridized carbons (Fsp3) is 0.0769. The van der Waals surface area contributed by atoms with Crippen LogP contribution in [0.15, 0.2) is 133 Å². The average Bonchev–Trinajstić information content (AvgIpc) is 3.49. The first-order chi connectivity index (χ1) is 20.9. The summed E-state index contributed by atoms with van der Waals surface area (Å²) in [5.74, 6) is 0. The maximum atomic E-state index is 11.6. The molecule has 0 bridgehead atoms. The normalized spacial score (nSPS) is 13.3. The molecule has 1 aromatic heterocycles. The highest BCUT2D eigenvalue weighted by Gasteiger charge is 2.37. The van der Waals surface area contributed by atoms with Crippen LogP contribution in [0.25, 0.3) is 60.9 Å². The summed E-state index contributed by atoms with van der Waals surface area (Å²) in [5, 5.41) is 14.0. The number of fused-ring (bicyclic) bond motifs is 6. The summed E-state index contributed by atoms with van der Waals surface area (Å²) in [7, 11) is 0. The molecule has 6 aromatic carbocycles. The molecule has 0 saturated heterocycles. The van der Waals surface area contributed by atoms with Crippen LogP contribution in [0.2, 0.25) is 0 Å². The van der Waals surface area contributed by atoms with E-state index < -0.39 is 0 Å². The van der Waals surface area contributed by atoms with Crippen LogP contribution in [0.3, 0.4) is 0 Å². The van der Waals surface area contributed by atoms with Crippen LogP contribution in [0, 0.1) is 10.1 Å². The molecule has 0 unspecified atom stereocenters. The van der Waals surface area contributed by atoms with Crippen molar-refractivity contribution < 1.29 is 4.92 Å². The van der Waals surface area contributed by atoms with E-state index in [-0.39, 0.29) is 16.0 Å². The van der Waals surface area contributed by atoms with Crippen LogP contribution in [0.5, 0.6) is 0 Å². The molecule has 0 aliphatic heterocycles. The Hall–Kier alpha value is -5.48. The third kappa shape index (κ3) is 3.84. The van der Waals surface area contributed by atoms with Crippen LogP contribution in [-0.2, 0) is 5.41 Å². The SMILES string of the molecule is CC1(C)c2cc(-n3c4ccc(-c5ccccc5)cc4c4cc(-c5ccccc5)ccc43)ccc2-c2ccc([N+](=O)[O-])cc21. The van der Waals surface area contributed by atoms with Gasteiger partial charge in [-0.25, -0.2) is 0 Å². The first kappa shape index (κ1) is 25.2. The summed E-state index contributed by atoms with van der Waals surface area (Å²) in [6, 6.07) is 46.4. The van der Waals surface area contributed by atoms with Gasteiger partial charge < -0.3 is 4.57 Å². The first-order valence-electron chi connectivity index (χ1n) is 14.5. The summed E-state index contributed by atoms with van der Waals surface area (Å²) in [6.07, 6.45) is 0. The molecular weight excluding hydrogens is 528 g/mol. The highest BCUT2D eigenvalue weighted by atomic mass is 16.6. The zero-order chi connectivity index (χ0) is 29.3. The van der Waals surface area contributed by atoms with E-state index in [1.54, 1.807) is 12.1 Å². The highest BCUT2D eigenvalue weighted by molar-refractivity contribution is 6.11. The van der Waals surface area contributed by atoms with Crippen LogP contribution in [0.4, 0.5) is 5.69 Å². The van der Waals surface area contributed by atoms with Crippen molar-refractivity contribution in [1.29, 1.82) is 0 Å². The molecule has 7 aromatic rings. The molecule has 0 saturated carbocycles. The van der Waals surface area contributed by atoms with Crippen LogP contribution < -0.4 is 0 Å². The Bertz CT molecular complexity index is 2130. The van der Waals surface area contributed by atoms with E-state index in [0.717, 1.165) is 33.4 Å². The summed E-state index contributed by atoms with van der Waals surface area (Å²) in [5.41, 5.74) is 12.3. The number of aromatic nitrogens is 1. The molecule has 1 heterocycles. The van der Waals surface area contributed by atoms with Gasteiger partial charge in [0.2, 0.25) is 0 Å². The zero-order valence-electron chi connectivity index (χ0n) is 23.9. The lowest BCUT2D eigenvalue weighted by Crippen LogP contribution is -2.15. The zero-order valence-corrected chi connectivity index (χ0v) is 23.9. The van der Waals surface area contributed by atoms with Gasteiger partial charge in [-0.3, -0.25) is 10.1 Å². The molecule has 43 heavy (non-hydrogen) atoms. The first-order valence-corrected chi connectivity index (χ1v) is 14.5. The number of benzene rings is 6. The van der Waals surface area contributed by atoms with E-state index in [9.17, 15) is 10.1 Å². The van der Waals surface area contributed by atoms with E-state index in [0.29, 0.717) is 0 Å². The second-order valence-electron chi connectivity index (χ2n) is 11.9. The molecule has 4 heteroatoms. The Morgan fingerprint density at radius 1 is 0.558 bits per heavy atom. The predicted molar refractivity (Wildman–Crippen MR) is 176 cm³/mol. The van der Waals surface area contributed by atoms with Crippen molar-refractivity contribution in [1.82, 2.24) is 4.57 Å². The Balaban J connectivity index is 1.36. The number of rotatable bonds is 4. The Morgan fingerprint density at radius 3 is 1.60 bits per heavy atom. The summed E-state index contributed by atoms with van der Waals surface area (Å²) in [4.78, 5) is 11.3. The smallest absolute Gasteiger partial charge is 0.269 e. The minimum Gasteiger partial charge on any atom is -0.309 e. The van der Waals surface area contributed by atoms with Gasteiger partial charge in [-0.2, -0.15) is 0 Å². The lowest BCUT2D eigenvalue weighted by Gasteiger charge is -2.22. The Kier molecular flexibility index (Phi) is 5.44. The second kappa shape index (κ2) is 9.27. The van der Waals surface area contributed by atoms with Crippen molar-refractivity contribution in [3.63, 3.8) is 0 Å². The molecule has 0 N–H and O–H groups in total. The topological polar surface area (TPSA) is 48.1 Å². The molecule has 0 fully saturated rings. The number of nitro benzene ring substituents is 1. The molecule has 0 spiro atoms. The van der Waals surface area contributed by atoms with E-state index in [1.165, 1.54) is 38.6 Å². The van der Waals surface area contributed by atoms with Crippen molar-refractivity contribution in [3.8, 4) is 39.1 Å². The fourth-order valence-electron chi connectivity index (χ4n) is 6.89. The third-order valence-electron chi connectivity index (χ3n) is 9.09. The van der Waals surface area contributed by atoms with Gasteiger partial charge in [0.15, 0.2) is 0 Å². The lowest BCUT2D eigenvalue weighted by atomic mass is 9.82. The van der Waals surface area contributed by atoms with Gasteiger partial charge in [-0.05, 0) is 87.0 Å². The average molecular weight is 557 g/mol. The molecule has 0 atom stereocenters. The molecule has 0 radical (unpaired) electrons. The van der Waals surface area contributed by atoms with Crippen LogP contribution >= 0.6 is 0 Å². The lowest BCUT2D eigenvalue weighted by molar-refractivity contribution is -0.384.